The lowest BCUT2D eigenvalue weighted by Gasteiger charge is -2.13. The summed E-state index contributed by atoms with van der Waals surface area (Å²) in [6.07, 6.45) is 0. The third-order valence-corrected chi connectivity index (χ3v) is 4.09. The van der Waals surface area contributed by atoms with Crippen LogP contribution >= 0.6 is 11.6 Å². The van der Waals surface area contributed by atoms with Crippen molar-refractivity contribution in [1.82, 2.24) is 10.2 Å². The van der Waals surface area contributed by atoms with Gasteiger partial charge in [0.2, 0.25) is 17.7 Å². The van der Waals surface area contributed by atoms with E-state index in [1.165, 1.54) is 12.5 Å². The zero-order chi connectivity index (χ0) is 18.7. The number of aryl methyl sites for hydroxylation is 1. The molecule has 3 rings (SSSR count). The van der Waals surface area contributed by atoms with Gasteiger partial charge in [-0.25, -0.2) is 0 Å². The van der Waals surface area contributed by atoms with Gasteiger partial charge in [-0.05, 0) is 44.2 Å². The molecule has 3 aromatic rings. The third-order valence-electron chi connectivity index (χ3n) is 3.77. The van der Waals surface area contributed by atoms with Crippen LogP contribution in [0.2, 0.25) is 5.02 Å². The molecule has 0 saturated heterocycles. The number of nitrogens with one attached hydrogen (secondary N) is 2. The predicted octanol–water partition coefficient (Wildman–Crippen LogP) is 4.83. The molecule has 1 atom stereocenters. The number of halogens is 1. The first-order valence-corrected chi connectivity index (χ1v) is 8.54. The van der Waals surface area contributed by atoms with Gasteiger partial charge in [-0.3, -0.25) is 4.79 Å². The zero-order valence-electron chi connectivity index (χ0n) is 14.7. The van der Waals surface area contributed by atoms with Crippen LogP contribution < -0.4 is 10.6 Å². The summed E-state index contributed by atoms with van der Waals surface area (Å²) < 4.78 is 5.78. The number of anilines is 2. The van der Waals surface area contributed by atoms with Gasteiger partial charge in [0.25, 0.3) is 0 Å². The van der Waals surface area contributed by atoms with Gasteiger partial charge in [0, 0.05) is 18.2 Å². The first kappa shape index (κ1) is 17.9. The van der Waals surface area contributed by atoms with Crippen molar-refractivity contribution < 1.29 is 9.21 Å². The van der Waals surface area contributed by atoms with Crippen LogP contribution in [-0.4, -0.2) is 16.1 Å². The lowest BCUT2D eigenvalue weighted by molar-refractivity contribution is -0.114. The second-order valence-corrected chi connectivity index (χ2v) is 6.46. The van der Waals surface area contributed by atoms with Crippen LogP contribution in [0.15, 0.2) is 46.9 Å². The number of amides is 1. The number of rotatable bonds is 5. The SMILES string of the molecule is CC(=O)Nc1ccc(N[C@H](C)c2nnc(-c3ccc(C)cc3)o2)cc1Cl. The molecule has 2 N–H and O–H groups in total. The van der Waals surface area contributed by atoms with E-state index in [1.807, 2.05) is 44.2 Å². The molecule has 0 aliphatic heterocycles. The normalized spacial score (nSPS) is 11.8. The molecule has 0 bridgehead atoms. The van der Waals surface area contributed by atoms with E-state index in [0.717, 1.165) is 11.3 Å². The number of carbonyl (C=O) groups is 1. The maximum atomic E-state index is 11.1. The topological polar surface area (TPSA) is 80.0 Å². The first-order valence-electron chi connectivity index (χ1n) is 8.16. The van der Waals surface area contributed by atoms with Crippen molar-refractivity contribution in [2.75, 3.05) is 10.6 Å². The Hall–Kier alpha value is -2.86. The van der Waals surface area contributed by atoms with E-state index in [2.05, 4.69) is 20.8 Å². The first-order chi connectivity index (χ1) is 12.4. The average molecular weight is 371 g/mol. The Balaban J connectivity index is 1.72. The number of carbonyl (C=O) groups excluding carboxylic acids is 1. The summed E-state index contributed by atoms with van der Waals surface area (Å²) in [5, 5.41) is 14.6. The second kappa shape index (κ2) is 7.58. The number of aromatic nitrogens is 2. The fourth-order valence-electron chi connectivity index (χ4n) is 2.43. The van der Waals surface area contributed by atoms with Crippen molar-refractivity contribution in [3.05, 3.63) is 58.9 Å². The standard InChI is InChI=1S/C19H19ClN4O2/c1-11-4-6-14(7-5-11)19-24-23-18(26-19)12(2)21-15-8-9-17(16(20)10-15)22-13(3)25/h4-10,12,21H,1-3H3,(H,22,25)/t12-/m1/s1. The molecule has 26 heavy (non-hydrogen) atoms. The quantitative estimate of drug-likeness (QED) is 0.672. The van der Waals surface area contributed by atoms with Gasteiger partial charge >= 0.3 is 0 Å². The minimum atomic E-state index is -0.204. The van der Waals surface area contributed by atoms with Gasteiger partial charge < -0.3 is 15.1 Å². The molecule has 6 nitrogen and oxygen atoms in total. The highest BCUT2D eigenvalue weighted by atomic mass is 35.5. The smallest absolute Gasteiger partial charge is 0.247 e. The van der Waals surface area contributed by atoms with Crippen LogP contribution in [0, 0.1) is 6.92 Å². The number of benzene rings is 2. The molecular formula is C19H19ClN4O2. The van der Waals surface area contributed by atoms with E-state index in [-0.39, 0.29) is 11.9 Å². The van der Waals surface area contributed by atoms with E-state index in [1.54, 1.807) is 12.1 Å². The molecule has 2 aromatic carbocycles. The van der Waals surface area contributed by atoms with Gasteiger partial charge in [-0.1, -0.05) is 29.3 Å². The Morgan fingerprint density at radius 3 is 2.54 bits per heavy atom. The van der Waals surface area contributed by atoms with Crippen molar-refractivity contribution >= 4 is 28.9 Å². The minimum absolute atomic E-state index is 0.171. The van der Waals surface area contributed by atoms with Gasteiger partial charge in [-0.2, -0.15) is 0 Å². The third kappa shape index (κ3) is 4.21. The Kier molecular flexibility index (Phi) is 5.23. The molecule has 1 amide bonds. The van der Waals surface area contributed by atoms with E-state index in [4.69, 9.17) is 16.0 Å². The summed E-state index contributed by atoms with van der Waals surface area (Å²) in [5.41, 5.74) is 3.40. The number of nitrogens with zero attached hydrogens (tertiary/aromatic N) is 2. The molecule has 1 heterocycles. The molecule has 0 spiro atoms. The Morgan fingerprint density at radius 2 is 1.88 bits per heavy atom. The van der Waals surface area contributed by atoms with Crippen LogP contribution in [0.3, 0.4) is 0 Å². The highest BCUT2D eigenvalue weighted by Crippen LogP contribution is 2.28. The van der Waals surface area contributed by atoms with Crippen molar-refractivity contribution in [2.24, 2.45) is 0 Å². The second-order valence-electron chi connectivity index (χ2n) is 6.05. The summed E-state index contributed by atoms with van der Waals surface area (Å²) in [7, 11) is 0. The summed E-state index contributed by atoms with van der Waals surface area (Å²) in [4.78, 5) is 11.1. The lowest BCUT2D eigenvalue weighted by atomic mass is 10.1. The predicted molar refractivity (Wildman–Crippen MR) is 102 cm³/mol. The van der Waals surface area contributed by atoms with Crippen molar-refractivity contribution in [2.45, 2.75) is 26.8 Å². The van der Waals surface area contributed by atoms with Gasteiger partial charge in [0.05, 0.1) is 10.7 Å². The molecule has 1 aromatic heterocycles. The fourth-order valence-corrected chi connectivity index (χ4v) is 2.66. The molecule has 0 saturated carbocycles. The number of hydrogen-bond donors (Lipinski definition) is 2. The Morgan fingerprint density at radius 1 is 1.15 bits per heavy atom. The van der Waals surface area contributed by atoms with E-state index in [9.17, 15) is 4.79 Å². The monoisotopic (exact) mass is 370 g/mol. The molecule has 0 aliphatic carbocycles. The van der Waals surface area contributed by atoms with Gasteiger partial charge in [0.15, 0.2) is 0 Å². The molecule has 7 heteroatoms. The Labute approximate surface area is 156 Å². The van der Waals surface area contributed by atoms with Gasteiger partial charge in [-0.15, -0.1) is 10.2 Å². The summed E-state index contributed by atoms with van der Waals surface area (Å²) >= 11 is 6.19. The largest absolute Gasteiger partial charge is 0.418 e. The molecule has 0 fully saturated rings. The van der Waals surface area contributed by atoms with Crippen molar-refractivity contribution in [1.29, 1.82) is 0 Å². The van der Waals surface area contributed by atoms with Gasteiger partial charge in [0.1, 0.15) is 6.04 Å². The average Bonchev–Trinajstić information content (AvgIpc) is 3.08. The minimum Gasteiger partial charge on any atom is -0.418 e. The van der Waals surface area contributed by atoms with E-state index in [0.29, 0.717) is 22.5 Å². The van der Waals surface area contributed by atoms with Crippen molar-refractivity contribution in [3.63, 3.8) is 0 Å². The van der Waals surface area contributed by atoms with Crippen LogP contribution in [0.4, 0.5) is 11.4 Å². The highest BCUT2D eigenvalue weighted by molar-refractivity contribution is 6.34. The molecule has 134 valence electrons. The molecule has 0 aliphatic rings. The molecule has 0 radical (unpaired) electrons. The van der Waals surface area contributed by atoms with Crippen LogP contribution in [-0.2, 0) is 4.79 Å². The summed E-state index contributed by atoms with van der Waals surface area (Å²) in [6.45, 7) is 5.38. The highest BCUT2D eigenvalue weighted by Gasteiger charge is 2.15. The van der Waals surface area contributed by atoms with E-state index < -0.39 is 0 Å². The lowest BCUT2D eigenvalue weighted by Crippen LogP contribution is -2.08. The molecule has 0 unspecified atom stereocenters. The maximum Gasteiger partial charge on any atom is 0.247 e. The zero-order valence-corrected chi connectivity index (χ0v) is 15.5. The summed E-state index contributed by atoms with van der Waals surface area (Å²) in [5.74, 6) is 0.783. The van der Waals surface area contributed by atoms with Crippen LogP contribution in [0.25, 0.3) is 11.5 Å². The molecular weight excluding hydrogens is 352 g/mol. The van der Waals surface area contributed by atoms with E-state index >= 15 is 0 Å². The number of hydrogen-bond acceptors (Lipinski definition) is 5. The fraction of sp³-hybridized carbons (Fsp3) is 0.211. The van der Waals surface area contributed by atoms with Crippen molar-refractivity contribution in [3.8, 4) is 11.5 Å². The maximum absolute atomic E-state index is 11.1. The van der Waals surface area contributed by atoms with Crippen LogP contribution in [0.5, 0.6) is 0 Å². The van der Waals surface area contributed by atoms with Crippen LogP contribution in [0.1, 0.15) is 31.3 Å². The Bertz CT molecular complexity index is 922. The summed E-state index contributed by atoms with van der Waals surface area (Å²) in [6, 6.07) is 13.0.